The van der Waals surface area contributed by atoms with E-state index in [1.54, 1.807) is 6.20 Å². The number of hydrogen-bond donors (Lipinski definition) is 1. The summed E-state index contributed by atoms with van der Waals surface area (Å²) in [5, 5.41) is 25.1. The monoisotopic (exact) mass is 270 g/mol. The maximum atomic E-state index is 9.40. The van der Waals surface area contributed by atoms with E-state index < -0.39 is 0 Å². The van der Waals surface area contributed by atoms with Crippen LogP contribution in [0.3, 0.4) is 0 Å². The summed E-state index contributed by atoms with van der Waals surface area (Å²) < 4.78 is 1.81. The van der Waals surface area contributed by atoms with Gasteiger partial charge in [-0.3, -0.25) is 4.68 Å². The van der Waals surface area contributed by atoms with Crippen LogP contribution in [0.4, 0.5) is 11.5 Å². The Balaban J connectivity index is 2.39. The number of nitriles is 1. The topological polar surface area (TPSA) is 79.4 Å². The first-order valence-electron chi connectivity index (χ1n) is 6.81. The molecule has 6 heteroatoms. The molecule has 0 amide bonds. The van der Waals surface area contributed by atoms with Crippen LogP contribution in [0.5, 0.6) is 0 Å². The van der Waals surface area contributed by atoms with Crippen LogP contribution >= 0.6 is 0 Å². The number of nitrogens with zero attached hydrogens (tertiary/aromatic N) is 5. The standard InChI is InChI=1S/C14H18N6/c1-4-11-12(7-15)14(19-18-13(11)5-2)17-10-8-16-20(6-3)9-10/h8-9H,4-6H2,1-3H3,(H,17,19). The Labute approximate surface area is 118 Å². The Hall–Kier alpha value is -2.42. The van der Waals surface area contributed by atoms with Crippen LogP contribution in [0, 0.1) is 11.3 Å². The average Bonchev–Trinajstić information content (AvgIpc) is 2.94. The number of hydrogen-bond acceptors (Lipinski definition) is 5. The molecule has 0 aromatic carbocycles. The lowest BCUT2D eigenvalue weighted by atomic mass is 10.0. The molecule has 2 aromatic heterocycles. The van der Waals surface area contributed by atoms with Crippen molar-refractivity contribution < 1.29 is 0 Å². The first kappa shape index (κ1) is 14.0. The van der Waals surface area contributed by atoms with E-state index in [9.17, 15) is 5.26 Å². The minimum Gasteiger partial charge on any atom is -0.335 e. The highest BCUT2D eigenvalue weighted by Crippen LogP contribution is 2.22. The quantitative estimate of drug-likeness (QED) is 0.902. The molecule has 0 unspecified atom stereocenters. The van der Waals surface area contributed by atoms with Crippen LogP contribution in [0.25, 0.3) is 0 Å². The van der Waals surface area contributed by atoms with Crippen molar-refractivity contribution in [3.63, 3.8) is 0 Å². The summed E-state index contributed by atoms with van der Waals surface area (Å²) in [4.78, 5) is 0. The molecule has 20 heavy (non-hydrogen) atoms. The van der Waals surface area contributed by atoms with Gasteiger partial charge >= 0.3 is 0 Å². The molecule has 0 radical (unpaired) electrons. The Morgan fingerprint density at radius 3 is 2.60 bits per heavy atom. The summed E-state index contributed by atoms with van der Waals surface area (Å²) >= 11 is 0. The van der Waals surface area contributed by atoms with Gasteiger partial charge in [-0.25, -0.2) is 0 Å². The zero-order chi connectivity index (χ0) is 14.5. The van der Waals surface area contributed by atoms with Crippen LogP contribution in [-0.2, 0) is 19.4 Å². The van der Waals surface area contributed by atoms with Gasteiger partial charge in [0, 0.05) is 12.7 Å². The lowest BCUT2D eigenvalue weighted by molar-refractivity contribution is 0.660. The molecule has 0 atom stereocenters. The molecule has 1 N–H and O–H groups in total. The van der Waals surface area contributed by atoms with E-state index in [1.165, 1.54) is 0 Å². The van der Waals surface area contributed by atoms with Gasteiger partial charge in [-0.1, -0.05) is 13.8 Å². The van der Waals surface area contributed by atoms with Crippen molar-refractivity contribution in [3.05, 3.63) is 29.2 Å². The fourth-order valence-corrected chi connectivity index (χ4v) is 2.12. The van der Waals surface area contributed by atoms with Crippen LogP contribution in [0.2, 0.25) is 0 Å². The fraction of sp³-hybridized carbons (Fsp3) is 0.429. The van der Waals surface area contributed by atoms with Crippen LogP contribution in [0.1, 0.15) is 37.6 Å². The van der Waals surface area contributed by atoms with Crippen molar-refractivity contribution in [1.82, 2.24) is 20.0 Å². The second-order valence-electron chi connectivity index (χ2n) is 4.38. The molecule has 0 saturated heterocycles. The van der Waals surface area contributed by atoms with E-state index >= 15 is 0 Å². The number of rotatable bonds is 5. The zero-order valence-electron chi connectivity index (χ0n) is 12.0. The third kappa shape index (κ3) is 2.62. The minimum atomic E-state index is 0.497. The van der Waals surface area contributed by atoms with Gasteiger partial charge in [0.05, 0.1) is 17.6 Å². The molecular weight excluding hydrogens is 252 g/mol. The highest BCUT2D eigenvalue weighted by molar-refractivity contribution is 5.63. The molecule has 2 aromatic rings. The van der Waals surface area contributed by atoms with E-state index in [0.717, 1.165) is 36.3 Å². The van der Waals surface area contributed by atoms with Gasteiger partial charge in [-0.15, -0.1) is 5.10 Å². The van der Waals surface area contributed by atoms with E-state index in [1.807, 2.05) is 31.6 Å². The number of anilines is 2. The zero-order valence-corrected chi connectivity index (χ0v) is 12.0. The maximum absolute atomic E-state index is 9.40. The summed E-state index contributed by atoms with van der Waals surface area (Å²) in [6.07, 6.45) is 5.14. The van der Waals surface area contributed by atoms with Gasteiger partial charge in [-0.2, -0.15) is 15.5 Å². The molecule has 0 aliphatic rings. The highest BCUT2D eigenvalue weighted by Gasteiger charge is 2.14. The number of nitrogens with one attached hydrogen (secondary N) is 1. The molecule has 2 rings (SSSR count). The van der Waals surface area contributed by atoms with Gasteiger partial charge in [0.25, 0.3) is 0 Å². The van der Waals surface area contributed by atoms with Crippen molar-refractivity contribution in [2.75, 3.05) is 5.32 Å². The van der Waals surface area contributed by atoms with Crippen molar-refractivity contribution >= 4 is 11.5 Å². The predicted octanol–water partition coefficient (Wildman–Crippen LogP) is 2.43. The SMILES string of the molecule is CCc1nnc(Nc2cnn(CC)c2)c(C#N)c1CC. The first-order valence-corrected chi connectivity index (χ1v) is 6.81. The van der Waals surface area contributed by atoms with Crippen molar-refractivity contribution in [1.29, 1.82) is 5.26 Å². The van der Waals surface area contributed by atoms with E-state index in [-0.39, 0.29) is 0 Å². The second kappa shape index (κ2) is 6.15. The second-order valence-corrected chi connectivity index (χ2v) is 4.38. The van der Waals surface area contributed by atoms with E-state index in [0.29, 0.717) is 11.4 Å². The van der Waals surface area contributed by atoms with Gasteiger partial charge in [0.15, 0.2) is 5.82 Å². The summed E-state index contributed by atoms with van der Waals surface area (Å²) in [6, 6.07) is 2.24. The molecule has 0 saturated carbocycles. The Morgan fingerprint density at radius 1 is 1.25 bits per heavy atom. The van der Waals surface area contributed by atoms with Gasteiger partial charge in [0.1, 0.15) is 11.6 Å². The largest absolute Gasteiger partial charge is 0.335 e. The third-order valence-electron chi connectivity index (χ3n) is 3.18. The lowest BCUT2D eigenvalue weighted by Crippen LogP contribution is -2.07. The van der Waals surface area contributed by atoms with Crippen molar-refractivity contribution in [2.24, 2.45) is 0 Å². The van der Waals surface area contributed by atoms with Gasteiger partial charge < -0.3 is 5.32 Å². The first-order chi connectivity index (χ1) is 9.73. The van der Waals surface area contributed by atoms with Gasteiger partial charge in [0.2, 0.25) is 0 Å². The van der Waals surface area contributed by atoms with Crippen molar-refractivity contribution in [2.45, 2.75) is 40.2 Å². The van der Waals surface area contributed by atoms with Crippen molar-refractivity contribution in [3.8, 4) is 6.07 Å². The fourth-order valence-electron chi connectivity index (χ4n) is 2.12. The molecule has 104 valence electrons. The molecular formula is C14H18N6. The predicted molar refractivity (Wildman–Crippen MR) is 76.7 cm³/mol. The van der Waals surface area contributed by atoms with Crippen LogP contribution in [-0.4, -0.2) is 20.0 Å². The molecule has 0 aliphatic carbocycles. The lowest BCUT2D eigenvalue weighted by Gasteiger charge is -2.10. The number of aromatic nitrogens is 4. The summed E-state index contributed by atoms with van der Waals surface area (Å²) in [5.74, 6) is 0.497. The molecule has 0 fully saturated rings. The average molecular weight is 270 g/mol. The maximum Gasteiger partial charge on any atom is 0.171 e. The normalized spacial score (nSPS) is 10.3. The Bertz CT molecular complexity index is 638. The van der Waals surface area contributed by atoms with Crippen LogP contribution < -0.4 is 5.32 Å². The summed E-state index contributed by atoms with van der Waals surface area (Å²) in [6.45, 7) is 6.86. The molecule has 0 spiro atoms. The highest BCUT2D eigenvalue weighted by atomic mass is 15.3. The third-order valence-corrected chi connectivity index (χ3v) is 3.18. The molecule has 2 heterocycles. The van der Waals surface area contributed by atoms with Crippen LogP contribution in [0.15, 0.2) is 12.4 Å². The molecule has 6 nitrogen and oxygen atoms in total. The van der Waals surface area contributed by atoms with Gasteiger partial charge in [-0.05, 0) is 25.3 Å². The van der Waals surface area contributed by atoms with E-state index in [2.05, 4.69) is 26.7 Å². The number of aryl methyl sites for hydroxylation is 2. The molecule has 0 aliphatic heterocycles. The minimum absolute atomic E-state index is 0.497. The Morgan fingerprint density at radius 2 is 2.05 bits per heavy atom. The van der Waals surface area contributed by atoms with E-state index in [4.69, 9.17) is 0 Å². The summed E-state index contributed by atoms with van der Waals surface area (Å²) in [5.41, 5.74) is 3.24. The molecule has 0 bridgehead atoms. The smallest absolute Gasteiger partial charge is 0.171 e. The Kier molecular flexibility index (Phi) is 4.31. The summed E-state index contributed by atoms with van der Waals surface area (Å²) in [7, 11) is 0.